The van der Waals surface area contributed by atoms with Crippen molar-refractivity contribution in [2.24, 2.45) is 0 Å². The lowest BCUT2D eigenvalue weighted by Gasteiger charge is -2.46. The van der Waals surface area contributed by atoms with E-state index in [1.807, 2.05) is 34.0 Å². The zero-order valence-corrected chi connectivity index (χ0v) is 56.7. The second-order valence-corrected chi connectivity index (χ2v) is 29.8. The Morgan fingerprint density at radius 1 is 0.248 bits per heavy atom. The fourth-order valence-electron chi connectivity index (χ4n) is 17.2. The number of benzene rings is 15. The van der Waals surface area contributed by atoms with Crippen molar-refractivity contribution in [3.63, 3.8) is 0 Å². The summed E-state index contributed by atoms with van der Waals surface area (Å²) >= 11 is 5.58. The molecule has 15 aromatic carbocycles. The zero-order chi connectivity index (χ0) is 66.0. The van der Waals surface area contributed by atoms with Gasteiger partial charge in [-0.05, 0) is 166 Å². The number of nitrogens with zero attached hydrogens (tertiary/aromatic N) is 5. The first kappa shape index (κ1) is 56.9. The Bertz CT molecular complexity index is 6420. The molecule has 101 heavy (non-hydrogen) atoms. The van der Waals surface area contributed by atoms with E-state index in [1.165, 1.54) is 82.4 Å². The van der Waals surface area contributed by atoms with E-state index >= 15 is 0 Å². The van der Waals surface area contributed by atoms with Crippen LogP contribution in [0.15, 0.2) is 334 Å². The van der Waals surface area contributed by atoms with Gasteiger partial charge in [0.1, 0.15) is 11.5 Å². The van der Waals surface area contributed by atoms with Crippen molar-refractivity contribution < 1.29 is 4.74 Å². The molecule has 0 fully saturated rings. The summed E-state index contributed by atoms with van der Waals surface area (Å²) in [6, 6.07) is 124. The number of anilines is 15. The summed E-state index contributed by atoms with van der Waals surface area (Å²) in [6.45, 7) is -0.442. The monoisotopic (exact) mass is 1340 g/mol. The van der Waals surface area contributed by atoms with Gasteiger partial charge in [0.15, 0.2) is 0 Å². The van der Waals surface area contributed by atoms with Crippen LogP contribution in [0, 0.1) is 0 Å². The summed E-state index contributed by atoms with van der Waals surface area (Å²) in [5.41, 5.74) is 23.5. The molecule has 6 nitrogen and oxygen atoms in total. The van der Waals surface area contributed by atoms with Crippen LogP contribution in [0.3, 0.4) is 0 Å². The quantitative estimate of drug-likeness (QED) is 0.134. The van der Waals surface area contributed by atoms with Gasteiger partial charge >= 0.3 is 0 Å². The van der Waals surface area contributed by atoms with Crippen LogP contribution in [-0.4, -0.2) is 13.4 Å². The molecule has 11 heteroatoms. The first-order valence-corrected chi connectivity index (χ1v) is 36.9. The Balaban J connectivity index is 0.837. The number of thiophene rings is 3. The van der Waals surface area contributed by atoms with Crippen molar-refractivity contribution in [1.82, 2.24) is 0 Å². The third-order valence-corrected chi connectivity index (χ3v) is 24.6. The van der Waals surface area contributed by atoms with Gasteiger partial charge in [0.25, 0.3) is 13.4 Å². The van der Waals surface area contributed by atoms with Crippen molar-refractivity contribution in [3.8, 4) is 11.5 Å². The van der Waals surface area contributed by atoms with Crippen molar-refractivity contribution in [3.05, 3.63) is 334 Å². The fourth-order valence-corrected chi connectivity index (χ4v) is 20.6. The number of hydrogen-bond donors (Lipinski definition) is 0. The van der Waals surface area contributed by atoms with Gasteiger partial charge in [-0.2, -0.15) is 0 Å². The van der Waals surface area contributed by atoms with Gasteiger partial charge in [0.2, 0.25) is 0 Å². The standard InChI is InChI=1S/C90H55B2N5OS3/c1-5-26-56(27-6-1)93(57-28-7-2-8-29-57)61-52-77-90-79(53-61)98-78-55-74-67(54-68(78)92(90)66-38-17-19-40-70(66)97(77)73-43-25-49-85-88(73)64-36-15-22-46-82(64)101-85)91-65-37-16-18-39-69(65)96(72-42-24-48-84-87(72)63-35-14-21-45-81(63)100-84)76-51-60(50-75(89(76)91)95(74)59-32-11-4-12-33-59)94(58-30-9-3-10-31-58)71-41-23-47-83-86(71)62-34-13-20-44-80(62)99-83/h1-55H. The van der Waals surface area contributed by atoms with Gasteiger partial charge in [-0.25, -0.2) is 0 Å². The van der Waals surface area contributed by atoms with Crippen molar-refractivity contribution >= 4 is 226 Å². The van der Waals surface area contributed by atoms with E-state index in [9.17, 15) is 0 Å². The van der Waals surface area contributed by atoms with Crippen LogP contribution in [0.5, 0.6) is 11.5 Å². The summed E-state index contributed by atoms with van der Waals surface area (Å²) in [6.07, 6.45) is 0. The molecule has 0 atom stereocenters. The molecule has 18 aromatic rings. The number of rotatable bonds is 9. The molecular formula is C90H55B2N5OS3. The van der Waals surface area contributed by atoms with Crippen molar-refractivity contribution in [2.75, 3.05) is 24.5 Å². The molecule has 0 saturated carbocycles. The van der Waals surface area contributed by atoms with Crippen molar-refractivity contribution in [1.29, 1.82) is 0 Å². The van der Waals surface area contributed by atoms with Crippen molar-refractivity contribution in [2.45, 2.75) is 0 Å². The lowest BCUT2D eigenvalue weighted by molar-refractivity contribution is 0.488. The van der Waals surface area contributed by atoms with E-state index in [2.05, 4.69) is 358 Å². The number of ether oxygens (including phenoxy) is 1. The molecule has 7 heterocycles. The Morgan fingerprint density at radius 2 is 0.653 bits per heavy atom. The van der Waals surface area contributed by atoms with Crippen LogP contribution in [0.2, 0.25) is 0 Å². The highest BCUT2D eigenvalue weighted by molar-refractivity contribution is 7.26. The number of para-hydroxylation sites is 6. The first-order valence-electron chi connectivity index (χ1n) is 34.4. The minimum absolute atomic E-state index is 0.219. The molecule has 0 radical (unpaired) electrons. The molecule has 0 aliphatic carbocycles. The topological polar surface area (TPSA) is 25.4 Å². The third kappa shape index (κ3) is 8.46. The lowest BCUT2D eigenvalue weighted by Crippen LogP contribution is -2.64. The molecule has 0 amide bonds. The SMILES string of the molecule is c1ccc(N(c2ccccc2)c2cc3c4c(c2)N(c2cccc5sc6ccccc6c25)c2ccccc2B4c2cc4c(cc2O3)N(c2ccccc2)c2cc(N(c3ccccc3)c3cccc5sc6ccccc6c35)cc3c2B4c2ccccc2N3c2cccc3sc4ccccc4c23)cc1. The number of fused-ring (bicyclic) bond motifs is 17. The largest absolute Gasteiger partial charge is 0.458 e. The minimum atomic E-state index is -0.223. The molecule has 22 rings (SSSR count). The average Bonchev–Trinajstić information content (AvgIpc) is 1.68. The summed E-state index contributed by atoms with van der Waals surface area (Å²) in [5, 5.41) is 7.47. The fraction of sp³-hybridized carbons (Fsp3) is 0. The van der Waals surface area contributed by atoms with Gasteiger partial charge < -0.3 is 29.2 Å². The average molecular weight is 1340 g/mol. The Labute approximate surface area is 596 Å². The highest BCUT2D eigenvalue weighted by Gasteiger charge is 2.49. The van der Waals surface area contributed by atoms with Gasteiger partial charge in [-0.1, -0.05) is 188 Å². The Morgan fingerprint density at radius 3 is 1.21 bits per heavy atom. The molecule has 470 valence electrons. The maximum absolute atomic E-state index is 7.94. The molecule has 0 spiro atoms. The van der Waals surface area contributed by atoms with E-state index in [-0.39, 0.29) is 13.4 Å². The van der Waals surface area contributed by atoms with Crippen LogP contribution in [0.25, 0.3) is 60.5 Å². The predicted molar refractivity (Wildman–Crippen MR) is 434 cm³/mol. The van der Waals surface area contributed by atoms with Gasteiger partial charge in [-0.15, -0.1) is 34.0 Å². The Hall–Kier alpha value is -12.1. The minimum Gasteiger partial charge on any atom is -0.458 e. The summed E-state index contributed by atoms with van der Waals surface area (Å²) in [7, 11) is 0. The Kier molecular flexibility index (Phi) is 12.5. The van der Waals surface area contributed by atoms with Crippen LogP contribution in [-0.2, 0) is 0 Å². The smallest absolute Gasteiger partial charge is 0.256 e. The van der Waals surface area contributed by atoms with E-state index in [0.29, 0.717) is 0 Å². The predicted octanol–water partition coefficient (Wildman–Crippen LogP) is 22.2. The van der Waals surface area contributed by atoms with E-state index in [0.717, 1.165) is 108 Å². The van der Waals surface area contributed by atoms with E-state index in [1.54, 1.807) is 0 Å². The van der Waals surface area contributed by atoms with Gasteiger partial charge in [-0.3, -0.25) is 0 Å². The highest BCUT2D eigenvalue weighted by Crippen LogP contribution is 2.55. The van der Waals surface area contributed by atoms with Gasteiger partial charge in [0, 0.05) is 130 Å². The normalized spacial score (nSPS) is 13.1. The highest BCUT2D eigenvalue weighted by atomic mass is 32.1. The molecule has 4 aliphatic rings. The molecule has 0 N–H and O–H groups in total. The first-order chi connectivity index (χ1) is 50.1. The molecule has 0 unspecified atom stereocenters. The molecule has 0 bridgehead atoms. The van der Waals surface area contributed by atoms with E-state index in [4.69, 9.17) is 4.74 Å². The van der Waals surface area contributed by atoms with Gasteiger partial charge in [0.05, 0.1) is 28.4 Å². The maximum Gasteiger partial charge on any atom is 0.256 e. The van der Waals surface area contributed by atoms with E-state index < -0.39 is 0 Å². The summed E-state index contributed by atoms with van der Waals surface area (Å²) < 4.78 is 15.5. The van der Waals surface area contributed by atoms with Crippen LogP contribution in [0.1, 0.15) is 0 Å². The summed E-state index contributed by atoms with van der Waals surface area (Å²) in [4.78, 5) is 12.6. The summed E-state index contributed by atoms with van der Waals surface area (Å²) in [5.74, 6) is 1.65. The zero-order valence-electron chi connectivity index (χ0n) is 54.3. The lowest BCUT2D eigenvalue weighted by atomic mass is 9.30. The number of hydrogen-bond acceptors (Lipinski definition) is 9. The van der Waals surface area contributed by atoms with Crippen LogP contribution >= 0.6 is 34.0 Å². The second kappa shape index (κ2) is 22.2. The molecular weight excluding hydrogens is 1280 g/mol. The maximum atomic E-state index is 7.94. The second-order valence-electron chi connectivity index (χ2n) is 26.6. The van der Waals surface area contributed by atoms with Crippen LogP contribution in [0.4, 0.5) is 85.3 Å². The molecule has 0 saturated heterocycles. The molecule has 4 aliphatic heterocycles. The molecule has 3 aromatic heterocycles. The van der Waals surface area contributed by atoms with Crippen LogP contribution < -0.4 is 62.0 Å². The third-order valence-electron chi connectivity index (χ3n) is 21.2.